The molecule has 1 aliphatic carbocycles. The van der Waals surface area contributed by atoms with Crippen LogP contribution in [0.4, 0.5) is 5.69 Å². The standard InChI is InChI=1S/C16H21BrN2O2/c1-2-7-18-15-11-8-12(17)14(9-13(11)19-16(15)20)21-10-5-3-4-6-10/h8-10,15,18H,2-7H2,1H3,(H,19,20). The van der Waals surface area contributed by atoms with Crippen molar-refractivity contribution in [3.8, 4) is 5.75 Å². The van der Waals surface area contributed by atoms with E-state index >= 15 is 0 Å². The molecule has 3 rings (SSSR count). The summed E-state index contributed by atoms with van der Waals surface area (Å²) in [6.07, 6.45) is 6.04. The van der Waals surface area contributed by atoms with Gasteiger partial charge in [-0.15, -0.1) is 0 Å². The summed E-state index contributed by atoms with van der Waals surface area (Å²) in [7, 11) is 0. The highest BCUT2D eigenvalue weighted by molar-refractivity contribution is 9.10. The SMILES string of the molecule is CCCNC1C(=O)Nc2cc(OC3CCCC3)c(Br)cc21. The van der Waals surface area contributed by atoms with Crippen LogP contribution in [0, 0.1) is 0 Å². The Morgan fingerprint density at radius 1 is 1.38 bits per heavy atom. The summed E-state index contributed by atoms with van der Waals surface area (Å²) < 4.78 is 6.99. The summed E-state index contributed by atoms with van der Waals surface area (Å²) in [5.41, 5.74) is 1.86. The third-order valence-corrected chi connectivity index (χ3v) is 4.75. The molecule has 1 unspecified atom stereocenters. The lowest BCUT2D eigenvalue weighted by Crippen LogP contribution is -2.28. The summed E-state index contributed by atoms with van der Waals surface area (Å²) in [5, 5.41) is 6.23. The van der Waals surface area contributed by atoms with Crippen LogP contribution in [0.1, 0.15) is 50.6 Å². The average Bonchev–Trinajstić information content (AvgIpc) is 3.05. The topological polar surface area (TPSA) is 50.4 Å². The number of benzene rings is 1. The number of hydrogen-bond donors (Lipinski definition) is 2. The molecule has 0 spiro atoms. The largest absolute Gasteiger partial charge is 0.489 e. The average molecular weight is 353 g/mol. The van der Waals surface area contributed by atoms with Gasteiger partial charge in [-0.3, -0.25) is 4.79 Å². The fraction of sp³-hybridized carbons (Fsp3) is 0.562. The van der Waals surface area contributed by atoms with E-state index in [4.69, 9.17) is 4.74 Å². The molecule has 114 valence electrons. The minimum absolute atomic E-state index is 0.0170. The van der Waals surface area contributed by atoms with Gasteiger partial charge in [0.05, 0.1) is 10.6 Å². The number of nitrogens with one attached hydrogen (secondary N) is 2. The molecule has 1 aromatic rings. The second-order valence-electron chi connectivity index (χ2n) is 5.77. The second kappa shape index (κ2) is 6.36. The summed E-state index contributed by atoms with van der Waals surface area (Å²) in [5.74, 6) is 0.848. The molecule has 1 fully saturated rings. The molecule has 2 aliphatic rings. The Morgan fingerprint density at radius 3 is 2.86 bits per heavy atom. The quantitative estimate of drug-likeness (QED) is 0.847. The number of anilines is 1. The molecular weight excluding hydrogens is 332 g/mol. The molecule has 1 saturated carbocycles. The lowest BCUT2D eigenvalue weighted by atomic mass is 10.1. The van der Waals surface area contributed by atoms with Crippen molar-refractivity contribution in [3.05, 3.63) is 22.2 Å². The van der Waals surface area contributed by atoms with E-state index in [-0.39, 0.29) is 11.9 Å². The van der Waals surface area contributed by atoms with E-state index in [2.05, 4.69) is 33.5 Å². The van der Waals surface area contributed by atoms with Gasteiger partial charge < -0.3 is 15.4 Å². The Balaban J connectivity index is 1.81. The van der Waals surface area contributed by atoms with Crippen molar-refractivity contribution in [2.75, 3.05) is 11.9 Å². The number of hydrogen-bond acceptors (Lipinski definition) is 3. The third-order valence-electron chi connectivity index (χ3n) is 4.13. The number of carbonyl (C=O) groups excluding carboxylic acids is 1. The number of fused-ring (bicyclic) bond motifs is 1. The first-order valence-corrected chi connectivity index (χ1v) is 8.52. The van der Waals surface area contributed by atoms with Crippen molar-refractivity contribution < 1.29 is 9.53 Å². The van der Waals surface area contributed by atoms with Gasteiger partial charge in [0.2, 0.25) is 5.91 Å². The van der Waals surface area contributed by atoms with Crippen LogP contribution < -0.4 is 15.4 Å². The fourth-order valence-electron chi connectivity index (χ4n) is 3.03. The highest BCUT2D eigenvalue weighted by atomic mass is 79.9. The van der Waals surface area contributed by atoms with Crippen LogP contribution in [0.3, 0.4) is 0 Å². The fourth-order valence-corrected chi connectivity index (χ4v) is 3.48. The number of amides is 1. The molecule has 2 N–H and O–H groups in total. The maximum atomic E-state index is 12.1. The van der Waals surface area contributed by atoms with E-state index in [9.17, 15) is 4.79 Å². The molecule has 1 atom stereocenters. The highest BCUT2D eigenvalue weighted by Crippen LogP contribution is 2.40. The van der Waals surface area contributed by atoms with E-state index in [1.54, 1.807) is 0 Å². The molecule has 1 aliphatic heterocycles. The van der Waals surface area contributed by atoms with E-state index in [0.29, 0.717) is 6.10 Å². The first-order chi connectivity index (χ1) is 10.2. The van der Waals surface area contributed by atoms with Gasteiger partial charge in [-0.05, 0) is 60.6 Å². The number of ether oxygens (including phenoxy) is 1. The van der Waals surface area contributed by atoms with Crippen molar-refractivity contribution in [1.29, 1.82) is 0 Å². The minimum atomic E-state index is -0.253. The van der Waals surface area contributed by atoms with Gasteiger partial charge in [-0.25, -0.2) is 0 Å². The van der Waals surface area contributed by atoms with Crippen LogP contribution in [-0.4, -0.2) is 18.6 Å². The zero-order chi connectivity index (χ0) is 14.8. The minimum Gasteiger partial charge on any atom is -0.489 e. The van der Waals surface area contributed by atoms with E-state index in [0.717, 1.165) is 47.3 Å². The molecule has 1 amide bonds. The smallest absolute Gasteiger partial charge is 0.246 e. The van der Waals surface area contributed by atoms with Crippen molar-refractivity contribution in [2.45, 2.75) is 51.2 Å². The van der Waals surface area contributed by atoms with Gasteiger partial charge in [0.15, 0.2) is 0 Å². The Kier molecular flexibility index (Phi) is 4.50. The Hall–Kier alpha value is -1.07. The normalized spacial score (nSPS) is 21.4. The first kappa shape index (κ1) is 14.9. The van der Waals surface area contributed by atoms with E-state index in [1.165, 1.54) is 12.8 Å². The maximum absolute atomic E-state index is 12.1. The van der Waals surface area contributed by atoms with Crippen molar-refractivity contribution in [1.82, 2.24) is 5.32 Å². The molecular formula is C16H21BrN2O2. The third kappa shape index (κ3) is 3.09. The number of halogens is 1. The number of carbonyl (C=O) groups is 1. The zero-order valence-corrected chi connectivity index (χ0v) is 13.8. The van der Waals surface area contributed by atoms with Gasteiger partial charge in [0.1, 0.15) is 11.8 Å². The van der Waals surface area contributed by atoms with E-state index in [1.807, 2.05) is 12.1 Å². The van der Waals surface area contributed by atoms with Crippen LogP contribution in [0.5, 0.6) is 5.75 Å². The zero-order valence-electron chi connectivity index (χ0n) is 12.2. The van der Waals surface area contributed by atoms with Crippen molar-refractivity contribution >= 4 is 27.5 Å². The molecule has 1 heterocycles. The van der Waals surface area contributed by atoms with Crippen LogP contribution in [-0.2, 0) is 4.79 Å². The van der Waals surface area contributed by atoms with Gasteiger partial charge in [-0.2, -0.15) is 0 Å². The molecule has 0 aromatic heterocycles. The molecule has 0 radical (unpaired) electrons. The molecule has 1 aromatic carbocycles. The molecule has 5 heteroatoms. The summed E-state index contributed by atoms with van der Waals surface area (Å²) >= 11 is 3.58. The molecule has 21 heavy (non-hydrogen) atoms. The monoisotopic (exact) mass is 352 g/mol. The summed E-state index contributed by atoms with van der Waals surface area (Å²) in [6, 6.07) is 3.70. The van der Waals surface area contributed by atoms with Crippen LogP contribution in [0.15, 0.2) is 16.6 Å². The predicted octanol–water partition coefficient (Wildman–Crippen LogP) is 3.76. The Bertz CT molecular complexity index is 541. The molecule has 0 bridgehead atoms. The van der Waals surface area contributed by atoms with Crippen LogP contribution >= 0.6 is 15.9 Å². The maximum Gasteiger partial charge on any atom is 0.246 e. The Labute approximate surface area is 133 Å². The Morgan fingerprint density at radius 2 is 2.14 bits per heavy atom. The van der Waals surface area contributed by atoms with Crippen molar-refractivity contribution in [3.63, 3.8) is 0 Å². The lowest BCUT2D eigenvalue weighted by molar-refractivity contribution is -0.117. The lowest BCUT2D eigenvalue weighted by Gasteiger charge is -2.16. The second-order valence-corrected chi connectivity index (χ2v) is 6.62. The molecule has 0 saturated heterocycles. The predicted molar refractivity (Wildman–Crippen MR) is 86.7 cm³/mol. The van der Waals surface area contributed by atoms with Crippen LogP contribution in [0.2, 0.25) is 0 Å². The first-order valence-electron chi connectivity index (χ1n) is 7.73. The number of rotatable bonds is 5. The van der Waals surface area contributed by atoms with Gasteiger partial charge in [0.25, 0.3) is 0 Å². The van der Waals surface area contributed by atoms with Gasteiger partial charge in [0, 0.05) is 17.3 Å². The van der Waals surface area contributed by atoms with Crippen molar-refractivity contribution in [2.24, 2.45) is 0 Å². The van der Waals surface area contributed by atoms with Crippen LogP contribution in [0.25, 0.3) is 0 Å². The summed E-state index contributed by atoms with van der Waals surface area (Å²) in [4.78, 5) is 12.1. The summed E-state index contributed by atoms with van der Waals surface area (Å²) in [6.45, 7) is 2.92. The van der Waals surface area contributed by atoms with Gasteiger partial charge >= 0.3 is 0 Å². The van der Waals surface area contributed by atoms with Gasteiger partial charge in [-0.1, -0.05) is 6.92 Å². The van der Waals surface area contributed by atoms with E-state index < -0.39 is 0 Å². The highest BCUT2D eigenvalue weighted by Gasteiger charge is 2.31. The molecule has 4 nitrogen and oxygen atoms in total.